The van der Waals surface area contributed by atoms with Gasteiger partial charge in [-0.25, -0.2) is 14.6 Å². The summed E-state index contributed by atoms with van der Waals surface area (Å²) in [6.45, 7) is 0.236. The number of nitrogens with zero attached hydrogens (tertiary/aromatic N) is 2. The minimum atomic E-state index is -0.641. The van der Waals surface area contributed by atoms with Crippen molar-refractivity contribution in [3.8, 4) is 5.75 Å². The van der Waals surface area contributed by atoms with Crippen LogP contribution >= 0.6 is 11.8 Å². The lowest BCUT2D eigenvalue weighted by molar-refractivity contribution is -0.118. The maximum atomic E-state index is 14.6. The first kappa shape index (κ1) is 22.3. The highest BCUT2D eigenvalue weighted by atomic mass is 32.2. The van der Waals surface area contributed by atoms with Crippen LogP contribution in [-0.4, -0.2) is 53.0 Å². The van der Waals surface area contributed by atoms with E-state index in [1.807, 2.05) is 0 Å². The maximum Gasteiger partial charge on any atom is 0.414 e. The molecule has 2 aliphatic rings. The van der Waals surface area contributed by atoms with Crippen molar-refractivity contribution in [2.75, 3.05) is 23.7 Å². The molecule has 2 heterocycles. The van der Waals surface area contributed by atoms with Gasteiger partial charge in [0.05, 0.1) is 24.5 Å². The third-order valence-corrected chi connectivity index (χ3v) is 5.81. The van der Waals surface area contributed by atoms with Gasteiger partial charge < -0.3 is 15.2 Å². The summed E-state index contributed by atoms with van der Waals surface area (Å²) in [7, 11) is 0. The quantitative estimate of drug-likeness (QED) is 0.557. The van der Waals surface area contributed by atoms with Crippen molar-refractivity contribution in [2.24, 2.45) is 5.10 Å². The molecule has 0 aromatic heterocycles. The third-order valence-electron chi connectivity index (χ3n) is 4.82. The fourth-order valence-electron chi connectivity index (χ4n) is 3.16. The summed E-state index contributed by atoms with van der Waals surface area (Å²) in [5, 5.41) is 16.1. The highest BCUT2D eigenvalue weighted by molar-refractivity contribution is 8.15. The number of halogens is 1. The number of thioether (sulfide) groups is 1. The summed E-state index contributed by atoms with van der Waals surface area (Å²) < 4.78 is 19.9. The van der Waals surface area contributed by atoms with Gasteiger partial charge in [0.1, 0.15) is 22.7 Å². The van der Waals surface area contributed by atoms with Gasteiger partial charge in [0.25, 0.3) is 5.91 Å². The fourth-order valence-corrected chi connectivity index (χ4v) is 3.93. The SMILES string of the molecule is O=C(C=Cc1ccc(O)cc1)NCC1CN(c2ccc(C3=NNC(=O)CS3)c(F)c2)C(=O)O1. The van der Waals surface area contributed by atoms with E-state index < -0.39 is 18.0 Å². The molecule has 4 rings (SSSR count). The van der Waals surface area contributed by atoms with Crippen molar-refractivity contribution in [3.63, 3.8) is 0 Å². The van der Waals surface area contributed by atoms with Crippen molar-refractivity contribution in [2.45, 2.75) is 6.10 Å². The largest absolute Gasteiger partial charge is 0.508 e. The van der Waals surface area contributed by atoms with Crippen LogP contribution in [0.1, 0.15) is 11.1 Å². The number of hydrazone groups is 1. The second-order valence-electron chi connectivity index (χ2n) is 7.19. The molecule has 9 nitrogen and oxygen atoms in total. The minimum Gasteiger partial charge on any atom is -0.508 e. The van der Waals surface area contributed by atoms with Gasteiger partial charge in [-0.1, -0.05) is 23.9 Å². The Morgan fingerprint density at radius 1 is 1.30 bits per heavy atom. The number of cyclic esters (lactones) is 1. The number of hydrogen-bond acceptors (Lipinski definition) is 7. The summed E-state index contributed by atoms with van der Waals surface area (Å²) in [6.07, 6.45) is 1.69. The van der Waals surface area contributed by atoms with Crippen LogP contribution < -0.4 is 15.6 Å². The van der Waals surface area contributed by atoms with Gasteiger partial charge in [0.2, 0.25) is 5.91 Å². The van der Waals surface area contributed by atoms with Crippen LogP contribution in [0.5, 0.6) is 5.75 Å². The Bertz CT molecular complexity index is 1150. The average Bonchev–Trinajstić information content (AvgIpc) is 3.18. The van der Waals surface area contributed by atoms with Crippen LogP contribution in [0.3, 0.4) is 0 Å². The van der Waals surface area contributed by atoms with E-state index in [0.29, 0.717) is 10.7 Å². The Balaban J connectivity index is 1.33. The highest BCUT2D eigenvalue weighted by Gasteiger charge is 2.33. The molecule has 2 aromatic carbocycles. The molecule has 0 saturated carbocycles. The Hall–Kier alpha value is -3.86. The number of rotatable bonds is 6. The topological polar surface area (TPSA) is 120 Å². The maximum absolute atomic E-state index is 14.6. The van der Waals surface area contributed by atoms with Crippen LogP contribution in [0.15, 0.2) is 53.6 Å². The number of benzene rings is 2. The summed E-state index contributed by atoms with van der Waals surface area (Å²) in [5.74, 6) is -0.927. The van der Waals surface area contributed by atoms with Gasteiger partial charge in [0, 0.05) is 11.6 Å². The Kier molecular flexibility index (Phi) is 6.59. The smallest absolute Gasteiger partial charge is 0.414 e. The highest BCUT2D eigenvalue weighted by Crippen LogP contribution is 2.26. The molecule has 170 valence electrons. The number of hydrogen-bond donors (Lipinski definition) is 3. The van der Waals surface area contributed by atoms with E-state index in [4.69, 9.17) is 4.74 Å². The molecule has 3 N–H and O–H groups in total. The van der Waals surface area contributed by atoms with Gasteiger partial charge in [-0.3, -0.25) is 14.5 Å². The van der Waals surface area contributed by atoms with E-state index in [2.05, 4.69) is 15.8 Å². The number of carbonyl (C=O) groups is 3. The van der Waals surface area contributed by atoms with E-state index in [-0.39, 0.29) is 42.0 Å². The van der Waals surface area contributed by atoms with Crippen LogP contribution in [0.4, 0.5) is 14.9 Å². The number of anilines is 1. The molecule has 33 heavy (non-hydrogen) atoms. The van der Waals surface area contributed by atoms with Gasteiger partial charge in [-0.05, 0) is 42.0 Å². The molecule has 1 fully saturated rings. The third kappa shape index (κ3) is 5.50. The molecule has 3 amide bonds. The molecule has 0 bridgehead atoms. The zero-order valence-corrected chi connectivity index (χ0v) is 18.0. The lowest BCUT2D eigenvalue weighted by Crippen LogP contribution is -2.33. The minimum absolute atomic E-state index is 0.0920. The lowest BCUT2D eigenvalue weighted by atomic mass is 10.2. The number of nitrogens with one attached hydrogen (secondary N) is 2. The van der Waals surface area contributed by atoms with Crippen LogP contribution in [0, 0.1) is 5.82 Å². The normalized spacial score (nSPS) is 18.2. The van der Waals surface area contributed by atoms with Gasteiger partial charge in [-0.2, -0.15) is 5.10 Å². The van der Waals surface area contributed by atoms with E-state index >= 15 is 0 Å². The van der Waals surface area contributed by atoms with Gasteiger partial charge in [-0.15, -0.1) is 0 Å². The number of aromatic hydroxyl groups is 1. The van der Waals surface area contributed by atoms with Crippen LogP contribution in [-0.2, 0) is 14.3 Å². The molecule has 0 radical (unpaired) electrons. The molecule has 1 saturated heterocycles. The summed E-state index contributed by atoms with van der Waals surface area (Å²) >= 11 is 1.13. The predicted molar refractivity (Wildman–Crippen MR) is 121 cm³/mol. The van der Waals surface area contributed by atoms with Gasteiger partial charge in [0.15, 0.2) is 0 Å². The Morgan fingerprint density at radius 2 is 2.09 bits per heavy atom. The summed E-state index contributed by atoms with van der Waals surface area (Å²) in [4.78, 5) is 36.8. The molecule has 2 aliphatic heterocycles. The van der Waals surface area contributed by atoms with E-state index in [1.54, 1.807) is 24.3 Å². The van der Waals surface area contributed by atoms with Crippen LogP contribution in [0.25, 0.3) is 6.08 Å². The van der Waals surface area contributed by atoms with Crippen LogP contribution in [0.2, 0.25) is 0 Å². The van der Waals surface area contributed by atoms with Crippen molar-refractivity contribution in [3.05, 3.63) is 65.5 Å². The second-order valence-corrected chi connectivity index (χ2v) is 8.16. The molecule has 2 aromatic rings. The zero-order chi connectivity index (χ0) is 23.4. The molecule has 0 spiro atoms. The monoisotopic (exact) mass is 470 g/mol. The number of carbonyl (C=O) groups excluding carboxylic acids is 3. The first-order chi connectivity index (χ1) is 15.9. The zero-order valence-electron chi connectivity index (χ0n) is 17.2. The number of amides is 3. The molecule has 0 aliphatic carbocycles. The number of phenols is 1. The molecular weight excluding hydrogens is 451 g/mol. The van der Waals surface area contributed by atoms with Crippen molar-refractivity contribution in [1.82, 2.24) is 10.7 Å². The first-order valence-electron chi connectivity index (χ1n) is 9.91. The number of phenolic OH excluding ortho intramolecular Hbond substituents is 1. The molecule has 1 atom stereocenters. The van der Waals surface area contributed by atoms with Crippen molar-refractivity contribution in [1.29, 1.82) is 0 Å². The van der Waals surface area contributed by atoms with Crippen molar-refractivity contribution >= 4 is 46.5 Å². The molecule has 1 unspecified atom stereocenters. The summed E-state index contributed by atoms with van der Waals surface area (Å²) in [5.41, 5.74) is 3.59. The standard InChI is InChI=1S/C22H19FN4O5S/c23-18-9-14(4-7-17(18)21-26-25-20(30)12-33-21)27-11-16(32-22(27)31)10-24-19(29)8-3-13-1-5-15(28)6-2-13/h1-9,16,28H,10-12H2,(H,24,29)(H,25,30). The Morgan fingerprint density at radius 3 is 2.79 bits per heavy atom. The van der Waals surface area contributed by atoms with E-state index in [1.165, 1.54) is 35.2 Å². The Labute approximate surface area is 192 Å². The number of ether oxygens (including phenoxy) is 1. The lowest BCUT2D eigenvalue weighted by Gasteiger charge is -2.16. The van der Waals surface area contributed by atoms with E-state index in [9.17, 15) is 23.9 Å². The van der Waals surface area contributed by atoms with Gasteiger partial charge >= 0.3 is 6.09 Å². The second kappa shape index (κ2) is 9.74. The average molecular weight is 470 g/mol. The van der Waals surface area contributed by atoms with E-state index in [0.717, 1.165) is 17.3 Å². The molecule has 11 heteroatoms. The van der Waals surface area contributed by atoms with Crippen molar-refractivity contribution < 1.29 is 28.6 Å². The first-order valence-corrected chi connectivity index (χ1v) is 10.9. The predicted octanol–water partition coefficient (Wildman–Crippen LogP) is 2.21. The fraction of sp³-hybridized carbons (Fsp3) is 0.182. The summed E-state index contributed by atoms with van der Waals surface area (Å²) in [6, 6.07) is 10.6. The molecular formula is C22H19FN4O5S.